The largest absolute Gasteiger partial charge is 0.394 e. The molecule has 0 saturated carbocycles. The first kappa shape index (κ1) is 15.8. The van der Waals surface area contributed by atoms with E-state index in [1.807, 2.05) is 12.1 Å². The summed E-state index contributed by atoms with van der Waals surface area (Å²) < 4.78 is 14.5. The van der Waals surface area contributed by atoms with Crippen molar-refractivity contribution in [3.05, 3.63) is 61.7 Å². The molecule has 0 heterocycles. The Bertz CT molecular complexity index is 624. The van der Waals surface area contributed by atoms with Crippen LogP contribution >= 0.6 is 43.5 Å². The van der Waals surface area contributed by atoms with Gasteiger partial charge in [-0.1, -0.05) is 33.6 Å². The summed E-state index contributed by atoms with van der Waals surface area (Å²) in [5, 5.41) is 13.3. The van der Waals surface area contributed by atoms with Crippen molar-refractivity contribution < 1.29 is 9.50 Å². The topological polar surface area (TPSA) is 32.3 Å². The van der Waals surface area contributed by atoms with E-state index in [1.54, 1.807) is 12.1 Å². The molecule has 0 saturated heterocycles. The van der Waals surface area contributed by atoms with Gasteiger partial charge in [-0.2, -0.15) is 0 Å². The van der Waals surface area contributed by atoms with Crippen molar-refractivity contribution >= 4 is 49.1 Å². The number of hydrogen-bond donors (Lipinski definition) is 2. The van der Waals surface area contributed by atoms with Gasteiger partial charge in [-0.3, -0.25) is 0 Å². The molecule has 2 aromatic carbocycles. The molecule has 106 valence electrons. The summed E-state index contributed by atoms with van der Waals surface area (Å²) in [5.74, 6) is -0.327. The average molecular weight is 424 g/mol. The van der Waals surface area contributed by atoms with Crippen molar-refractivity contribution in [3.8, 4) is 0 Å². The van der Waals surface area contributed by atoms with Gasteiger partial charge in [0.2, 0.25) is 0 Å². The molecule has 0 aliphatic rings. The van der Waals surface area contributed by atoms with Crippen molar-refractivity contribution in [3.63, 3.8) is 0 Å². The number of aliphatic hydroxyl groups excluding tert-OH is 1. The zero-order valence-corrected chi connectivity index (χ0v) is 14.1. The van der Waals surface area contributed by atoms with Gasteiger partial charge in [0.25, 0.3) is 0 Å². The highest BCUT2D eigenvalue weighted by atomic mass is 79.9. The van der Waals surface area contributed by atoms with Gasteiger partial charge in [0.05, 0.1) is 17.7 Å². The van der Waals surface area contributed by atoms with Crippen LogP contribution in [0.2, 0.25) is 5.02 Å². The molecule has 2 nitrogen and oxygen atoms in total. The molecule has 0 spiro atoms. The van der Waals surface area contributed by atoms with Crippen molar-refractivity contribution in [1.82, 2.24) is 0 Å². The Morgan fingerprint density at radius 3 is 2.50 bits per heavy atom. The van der Waals surface area contributed by atoms with E-state index in [0.29, 0.717) is 9.50 Å². The van der Waals surface area contributed by atoms with Crippen LogP contribution in [0.15, 0.2) is 45.3 Å². The zero-order chi connectivity index (χ0) is 14.7. The van der Waals surface area contributed by atoms with E-state index in [-0.39, 0.29) is 18.5 Å². The number of anilines is 1. The summed E-state index contributed by atoms with van der Waals surface area (Å²) >= 11 is 12.6. The fourth-order valence-electron chi connectivity index (χ4n) is 1.79. The second-order valence-corrected chi connectivity index (χ2v) is 6.29. The Hall–Kier alpha value is -0.620. The van der Waals surface area contributed by atoms with Crippen molar-refractivity contribution in [2.45, 2.75) is 6.04 Å². The van der Waals surface area contributed by atoms with Gasteiger partial charge in [0.1, 0.15) is 5.82 Å². The highest BCUT2D eigenvalue weighted by Gasteiger charge is 2.14. The molecule has 2 rings (SSSR count). The summed E-state index contributed by atoms with van der Waals surface area (Å²) in [6, 6.07) is 9.41. The lowest BCUT2D eigenvalue weighted by Crippen LogP contribution is -2.15. The monoisotopic (exact) mass is 421 g/mol. The molecule has 2 N–H and O–H groups in total. The van der Waals surface area contributed by atoms with Crippen LogP contribution in [-0.2, 0) is 0 Å². The van der Waals surface area contributed by atoms with Crippen LogP contribution in [0.3, 0.4) is 0 Å². The minimum atomic E-state index is -0.349. The van der Waals surface area contributed by atoms with Crippen molar-refractivity contribution in [2.24, 2.45) is 0 Å². The minimum Gasteiger partial charge on any atom is -0.394 e. The maximum absolute atomic E-state index is 13.1. The SMILES string of the molecule is OCC(Nc1ccc(Cl)c(Br)c1)c1ccc(F)cc1Br. The first-order valence-electron chi connectivity index (χ1n) is 5.78. The van der Waals surface area contributed by atoms with Crippen molar-refractivity contribution in [2.75, 3.05) is 11.9 Å². The molecule has 1 atom stereocenters. The van der Waals surface area contributed by atoms with E-state index in [1.165, 1.54) is 12.1 Å². The quantitative estimate of drug-likeness (QED) is 0.713. The molecule has 0 aromatic heterocycles. The number of rotatable bonds is 4. The molecule has 0 fully saturated rings. The van der Waals surface area contributed by atoms with E-state index in [9.17, 15) is 9.50 Å². The van der Waals surface area contributed by atoms with E-state index >= 15 is 0 Å². The number of halogens is 4. The molecule has 2 aromatic rings. The maximum Gasteiger partial charge on any atom is 0.124 e. The minimum absolute atomic E-state index is 0.121. The van der Waals surface area contributed by atoms with E-state index in [2.05, 4.69) is 37.2 Å². The summed E-state index contributed by atoms with van der Waals surface area (Å²) in [6.07, 6.45) is 0. The molecule has 20 heavy (non-hydrogen) atoms. The highest BCUT2D eigenvalue weighted by Crippen LogP contribution is 2.30. The van der Waals surface area contributed by atoms with Gasteiger partial charge in [0.15, 0.2) is 0 Å². The summed E-state index contributed by atoms with van der Waals surface area (Å²) in [6.45, 7) is -0.121. The Labute approximate surface area is 138 Å². The molecular weight excluding hydrogens is 412 g/mol. The van der Waals surface area contributed by atoms with Gasteiger partial charge >= 0.3 is 0 Å². The van der Waals surface area contributed by atoms with E-state index < -0.39 is 0 Å². The Morgan fingerprint density at radius 2 is 1.90 bits per heavy atom. The Kier molecular flexibility index (Phi) is 5.43. The second kappa shape index (κ2) is 6.89. The normalized spacial score (nSPS) is 12.2. The number of benzene rings is 2. The lowest BCUT2D eigenvalue weighted by Gasteiger charge is -2.19. The fraction of sp³-hybridized carbons (Fsp3) is 0.143. The molecule has 0 bridgehead atoms. The summed E-state index contributed by atoms with van der Waals surface area (Å²) in [7, 11) is 0. The van der Waals surface area contributed by atoms with Gasteiger partial charge in [-0.15, -0.1) is 0 Å². The first-order chi connectivity index (χ1) is 9.51. The smallest absolute Gasteiger partial charge is 0.124 e. The lowest BCUT2D eigenvalue weighted by molar-refractivity contribution is 0.276. The van der Waals surface area contributed by atoms with Gasteiger partial charge in [0, 0.05) is 14.6 Å². The molecule has 0 aliphatic carbocycles. The third-order valence-electron chi connectivity index (χ3n) is 2.78. The number of aliphatic hydroxyl groups is 1. The van der Waals surface area contributed by atoms with Crippen LogP contribution in [0.5, 0.6) is 0 Å². The van der Waals surface area contributed by atoms with Gasteiger partial charge < -0.3 is 10.4 Å². The second-order valence-electron chi connectivity index (χ2n) is 4.17. The Morgan fingerprint density at radius 1 is 1.15 bits per heavy atom. The Balaban J connectivity index is 2.26. The average Bonchev–Trinajstić information content (AvgIpc) is 2.41. The molecule has 6 heteroatoms. The van der Waals surface area contributed by atoms with Crippen LogP contribution < -0.4 is 5.32 Å². The van der Waals surface area contributed by atoms with E-state index in [0.717, 1.165) is 15.7 Å². The van der Waals surface area contributed by atoms with Crippen LogP contribution in [0.4, 0.5) is 10.1 Å². The maximum atomic E-state index is 13.1. The van der Waals surface area contributed by atoms with Crippen LogP contribution in [-0.4, -0.2) is 11.7 Å². The number of nitrogens with one attached hydrogen (secondary N) is 1. The summed E-state index contributed by atoms with van der Waals surface area (Å²) in [5.41, 5.74) is 1.58. The molecule has 1 unspecified atom stereocenters. The standard InChI is InChI=1S/C14H11Br2ClFNO/c15-11-5-8(18)1-3-10(11)14(7-20)19-9-2-4-13(17)12(16)6-9/h1-6,14,19-20H,7H2. The first-order valence-corrected chi connectivity index (χ1v) is 7.75. The molecule has 0 aliphatic heterocycles. The molecule has 0 radical (unpaired) electrons. The highest BCUT2D eigenvalue weighted by molar-refractivity contribution is 9.10. The third-order valence-corrected chi connectivity index (χ3v) is 4.68. The van der Waals surface area contributed by atoms with Crippen LogP contribution in [0.25, 0.3) is 0 Å². The lowest BCUT2D eigenvalue weighted by atomic mass is 10.1. The molecule has 0 amide bonds. The third kappa shape index (κ3) is 3.73. The summed E-state index contributed by atoms with van der Waals surface area (Å²) in [4.78, 5) is 0. The van der Waals surface area contributed by atoms with Gasteiger partial charge in [-0.05, 0) is 51.8 Å². The predicted molar refractivity (Wildman–Crippen MR) is 86.7 cm³/mol. The fourth-order valence-corrected chi connectivity index (χ4v) is 2.92. The predicted octanol–water partition coefficient (Wildman–Crippen LogP) is 5.15. The van der Waals surface area contributed by atoms with Crippen LogP contribution in [0.1, 0.15) is 11.6 Å². The number of hydrogen-bond acceptors (Lipinski definition) is 2. The van der Waals surface area contributed by atoms with E-state index in [4.69, 9.17) is 11.6 Å². The van der Waals surface area contributed by atoms with Crippen molar-refractivity contribution in [1.29, 1.82) is 0 Å². The zero-order valence-electron chi connectivity index (χ0n) is 10.2. The van der Waals surface area contributed by atoms with Gasteiger partial charge in [-0.25, -0.2) is 4.39 Å². The molecular formula is C14H11Br2ClFNO. The van der Waals surface area contributed by atoms with Crippen LogP contribution in [0, 0.1) is 5.82 Å².